The van der Waals surface area contributed by atoms with Gasteiger partial charge in [0.1, 0.15) is 18.0 Å². The fourth-order valence-corrected chi connectivity index (χ4v) is 4.71. The summed E-state index contributed by atoms with van der Waals surface area (Å²) in [7, 11) is 0. The number of carbonyl (C=O) groups excluding carboxylic acids is 1. The van der Waals surface area contributed by atoms with E-state index < -0.39 is 5.41 Å². The highest BCUT2D eigenvalue weighted by Crippen LogP contribution is 2.39. The minimum atomic E-state index is -0.493. The Morgan fingerprint density at radius 1 is 1.03 bits per heavy atom. The van der Waals surface area contributed by atoms with Gasteiger partial charge in [-0.05, 0) is 57.5 Å². The molecule has 2 aliphatic heterocycles. The maximum absolute atomic E-state index is 13.1. The molecule has 4 heterocycles. The molecule has 1 saturated heterocycles. The zero-order chi connectivity index (χ0) is 24.4. The lowest BCUT2D eigenvalue weighted by atomic mass is 9.82. The van der Waals surface area contributed by atoms with Crippen LogP contribution < -0.4 is 19.9 Å². The third kappa shape index (κ3) is 5.03. The van der Waals surface area contributed by atoms with Crippen LogP contribution in [-0.2, 0) is 0 Å². The topological polar surface area (TPSA) is 87.8 Å². The van der Waals surface area contributed by atoms with Crippen molar-refractivity contribution >= 4 is 22.5 Å². The first-order valence-corrected chi connectivity index (χ1v) is 12.3. The summed E-state index contributed by atoms with van der Waals surface area (Å²) >= 11 is 0. The van der Waals surface area contributed by atoms with Gasteiger partial charge in [0.2, 0.25) is 11.4 Å². The average Bonchev–Trinajstić information content (AvgIpc) is 2.86. The lowest BCUT2D eigenvalue weighted by molar-refractivity contribution is 0.0693. The number of anilines is 1. The van der Waals surface area contributed by atoms with Crippen LogP contribution >= 0.6 is 0 Å². The number of nitrogens with one attached hydrogen (secondary N) is 1. The molecule has 0 amide bonds. The quantitative estimate of drug-likeness (QED) is 0.522. The van der Waals surface area contributed by atoms with Crippen LogP contribution in [0.15, 0.2) is 47.3 Å². The number of fused-ring (bicyclic) bond motifs is 2. The number of hydrogen-bond acceptors (Lipinski definition) is 7. The maximum Gasteiger partial charge on any atom is 0.249 e. The van der Waals surface area contributed by atoms with E-state index in [4.69, 9.17) is 9.47 Å². The first-order chi connectivity index (χ1) is 16.9. The Hall–Kier alpha value is -3.39. The number of nitrogens with zero attached hydrogens (tertiary/aromatic N) is 3. The van der Waals surface area contributed by atoms with Crippen LogP contribution in [0.5, 0.6) is 11.6 Å². The third-order valence-electron chi connectivity index (χ3n) is 6.82. The Balaban J connectivity index is 1.09. The highest BCUT2D eigenvalue weighted by atomic mass is 16.5. The number of aromatic amines is 1. The van der Waals surface area contributed by atoms with Crippen molar-refractivity contribution in [2.45, 2.75) is 26.7 Å². The summed E-state index contributed by atoms with van der Waals surface area (Å²) in [4.78, 5) is 36.5. The summed E-state index contributed by atoms with van der Waals surface area (Å²) in [5.74, 6) is 1.41. The lowest BCUT2D eigenvalue weighted by Gasteiger charge is -2.39. The normalized spacial score (nSPS) is 17.8. The van der Waals surface area contributed by atoms with Gasteiger partial charge in [0.25, 0.3) is 0 Å². The molecule has 2 aromatic heterocycles. The minimum absolute atomic E-state index is 0.168. The van der Waals surface area contributed by atoms with Gasteiger partial charge in [0.05, 0.1) is 23.3 Å². The summed E-state index contributed by atoms with van der Waals surface area (Å²) in [5.41, 5.74) is 1.62. The Labute approximate surface area is 204 Å². The molecule has 3 aromatic rings. The molecule has 1 fully saturated rings. The summed E-state index contributed by atoms with van der Waals surface area (Å²) in [6, 6.07) is 12.9. The number of ketones is 1. The van der Waals surface area contributed by atoms with Gasteiger partial charge in [-0.25, -0.2) is 0 Å². The van der Waals surface area contributed by atoms with Gasteiger partial charge in [0.15, 0.2) is 5.78 Å². The van der Waals surface area contributed by atoms with E-state index in [-0.39, 0.29) is 11.3 Å². The van der Waals surface area contributed by atoms with E-state index in [2.05, 4.69) is 19.8 Å². The summed E-state index contributed by atoms with van der Waals surface area (Å²) < 4.78 is 11.7. The smallest absolute Gasteiger partial charge is 0.249 e. The zero-order valence-corrected chi connectivity index (χ0v) is 20.4. The van der Waals surface area contributed by atoms with Crippen LogP contribution in [0.2, 0.25) is 0 Å². The van der Waals surface area contributed by atoms with E-state index in [1.807, 2.05) is 44.2 Å². The molecule has 184 valence electrons. The highest BCUT2D eigenvalue weighted by molar-refractivity contribution is 6.08. The average molecular weight is 477 g/mol. The molecule has 5 rings (SSSR count). The number of carbonyl (C=O) groups is 1. The van der Waals surface area contributed by atoms with Crippen molar-refractivity contribution in [3.63, 3.8) is 0 Å². The van der Waals surface area contributed by atoms with Gasteiger partial charge in [-0.1, -0.05) is 6.07 Å². The molecule has 0 spiro atoms. The van der Waals surface area contributed by atoms with Crippen molar-refractivity contribution in [1.82, 2.24) is 14.9 Å². The van der Waals surface area contributed by atoms with Crippen molar-refractivity contribution < 1.29 is 14.3 Å². The van der Waals surface area contributed by atoms with Crippen molar-refractivity contribution in [3.05, 3.63) is 58.4 Å². The van der Waals surface area contributed by atoms with Crippen LogP contribution in [0.1, 0.15) is 37.0 Å². The number of aromatic nitrogens is 2. The Kier molecular flexibility index (Phi) is 6.47. The molecule has 0 aliphatic carbocycles. The Morgan fingerprint density at radius 3 is 2.66 bits per heavy atom. The number of benzene rings is 1. The van der Waals surface area contributed by atoms with Gasteiger partial charge in [-0.15, -0.1) is 0 Å². The maximum atomic E-state index is 13.1. The van der Waals surface area contributed by atoms with Crippen molar-refractivity contribution in [3.8, 4) is 11.6 Å². The summed E-state index contributed by atoms with van der Waals surface area (Å²) in [6.45, 7) is 9.63. The molecule has 0 saturated carbocycles. The number of hydrogen-bond donors (Lipinski definition) is 1. The standard InChI is InChI=1S/C27H32N4O4/c1-27(2)18-35-21-7-5-6-20(24(21)25(27)33)31-15-13-30(14-16-31)12-3-4-17-34-23-11-9-19-8-10-22(32)28-26(19)29-23/h5-11H,3-4,12-18H2,1-2H3,(H,28,29,32). The number of rotatable bonds is 7. The molecule has 0 unspecified atom stereocenters. The van der Waals surface area contributed by atoms with Crippen LogP contribution in [0.4, 0.5) is 5.69 Å². The monoisotopic (exact) mass is 476 g/mol. The first kappa shape index (κ1) is 23.4. The number of piperazine rings is 1. The second-order valence-corrected chi connectivity index (χ2v) is 9.95. The van der Waals surface area contributed by atoms with Gasteiger partial charge in [0, 0.05) is 43.7 Å². The van der Waals surface area contributed by atoms with Crippen LogP contribution in [0, 0.1) is 5.41 Å². The molecule has 0 atom stereocenters. The largest absolute Gasteiger partial charge is 0.492 e. The van der Waals surface area contributed by atoms with E-state index in [9.17, 15) is 9.59 Å². The number of unbranched alkanes of at least 4 members (excludes halogenated alkanes) is 1. The lowest BCUT2D eigenvalue weighted by Crippen LogP contribution is -2.47. The fourth-order valence-electron chi connectivity index (χ4n) is 4.71. The van der Waals surface area contributed by atoms with Crippen LogP contribution in [-0.4, -0.2) is 66.6 Å². The van der Waals surface area contributed by atoms with E-state index in [1.54, 1.807) is 6.07 Å². The van der Waals surface area contributed by atoms with Gasteiger partial charge < -0.3 is 19.4 Å². The Morgan fingerprint density at radius 2 is 1.83 bits per heavy atom. The van der Waals surface area contributed by atoms with Gasteiger partial charge >= 0.3 is 0 Å². The first-order valence-electron chi connectivity index (χ1n) is 12.3. The minimum Gasteiger partial charge on any atom is -0.492 e. The highest BCUT2D eigenvalue weighted by Gasteiger charge is 2.38. The molecule has 0 bridgehead atoms. The fraction of sp³-hybridized carbons (Fsp3) is 0.444. The molecular formula is C27H32N4O4. The molecule has 2 aliphatic rings. The Bertz CT molecular complexity index is 1280. The molecule has 0 radical (unpaired) electrons. The van der Waals surface area contributed by atoms with E-state index in [0.717, 1.165) is 62.2 Å². The van der Waals surface area contributed by atoms with Gasteiger partial charge in [-0.2, -0.15) is 4.98 Å². The van der Waals surface area contributed by atoms with E-state index in [0.29, 0.717) is 30.5 Å². The van der Waals surface area contributed by atoms with Crippen LogP contribution in [0.25, 0.3) is 11.0 Å². The van der Waals surface area contributed by atoms with Gasteiger partial charge in [-0.3, -0.25) is 14.5 Å². The summed E-state index contributed by atoms with van der Waals surface area (Å²) in [5, 5.41) is 0.882. The van der Waals surface area contributed by atoms with Crippen molar-refractivity contribution in [2.75, 3.05) is 50.8 Å². The number of pyridine rings is 2. The second-order valence-electron chi connectivity index (χ2n) is 9.95. The van der Waals surface area contributed by atoms with Crippen molar-refractivity contribution in [2.24, 2.45) is 5.41 Å². The van der Waals surface area contributed by atoms with Crippen LogP contribution in [0.3, 0.4) is 0 Å². The van der Waals surface area contributed by atoms with E-state index in [1.165, 1.54) is 6.07 Å². The molecule has 8 nitrogen and oxygen atoms in total. The molecule has 1 aromatic carbocycles. The zero-order valence-electron chi connectivity index (χ0n) is 20.4. The predicted octanol–water partition coefficient (Wildman–Crippen LogP) is 3.51. The molecule has 8 heteroatoms. The molecule has 1 N–H and O–H groups in total. The summed E-state index contributed by atoms with van der Waals surface area (Å²) in [6.07, 6.45) is 1.96. The number of Topliss-reactive ketones (excluding diaryl/α,β-unsaturated/α-hetero) is 1. The molecule has 35 heavy (non-hydrogen) atoms. The third-order valence-corrected chi connectivity index (χ3v) is 6.82. The SMILES string of the molecule is CC1(C)COc2cccc(N3CCN(CCCCOc4ccc5ccc(=O)[nH]c5n4)CC3)c2C1=O. The predicted molar refractivity (Wildman–Crippen MR) is 136 cm³/mol. The molecular weight excluding hydrogens is 444 g/mol. The number of ether oxygens (including phenoxy) is 2. The second kappa shape index (κ2) is 9.70. The van der Waals surface area contributed by atoms with E-state index >= 15 is 0 Å². The number of H-pyrrole nitrogens is 1. The van der Waals surface area contributed by atoms with Crippen molar-refractivity contribution in [1.29, 1.82) is 0 Å².